The first-order valence-electron chi connectivity index (χ1n) is 12.1. The van der Waals surface area contributed by atoms with Gasteiger partial charge in [0.05, 0.1) is 25.5 Å². The van der Waals surface area contributed by atoms with Crippen molar-refractivity contribution in [1.82, 2.24) is 15.1 Å². The highest BCUT2D eigenvalue weighted by Gasteiger charge is 2.25. The molecule has 1 N–H and O–H groups in total. The van der Waals surface area contributed by atoms with Gasteiger partial charge < -0.3 is 19.7 Å². The van der Waals surface area contributed by atoms with Crippen molar-refractivity contribution in [2.45, 2.75) is 6.42 Å². The summed E-state index contributed by atoms with van der Waals surface area (Å²) in [5.41, 5.74) is 3.89. The number of hydrogen-bond donors (Lipinski definition) is 1. The van der Waals surface area contributed by atoms with E-state index in [-0.39, 0.29) is 5.91 Å². The van der Waals surface area contributed by atoms with E-state index in [0.29, 0.717) is 35.2 Å². The first-order chi connectivity index (χ1) is 17.7. The van der Waals surface area contributed by atoms with Crippen molar-refractivity contribution in [2.75, 3.05) is 38.8 Å². The number of nitrogens with one attached hydrogen (secondary N) is 1. The predicted molar refractivity (Wildman–Crippen MR) is 141 cm³/mol. The molecule has 1 amide bonds. The highest BCUT2D eigenvalue weighted by molar-refractivity contribution is 6.00. The Kier molecular flexibility index (Phi) is 6.89. The maximum atomic E-state index is 13.5. The third-order valence-electron chi connectivity index (χ3n) is 6.60. The Bertz CT molecular complexity index is 1320. The molecule has 0 saturated carbocycles. The van der Waals surface area contributed by atoms with Crippen LogP contribution in [0.3, 0.4) is 0 Å². The molecule has 3 aromatic carbocycles. The van der Waals surface area contributed by atoms with E-state index in [1.807, 2.05) is 48.5 Å². The first kappa shape index (κ1) is 23.5. The quantitative estimate of drug-likeness (QED) is 0.390. The molecule has 0 bridgehead atoms. The number of ether oxygens (including phenoxy) is 2. The van der Waals surface area contributed by atoms with Gasteiger partial charge in [0.15, 0.2) is 0 Å². The van der Waals surface area contributed by atoms with Gasteiger partial charge in [0.25, 0.3) is 5.91 Å². The fourth-order valence-electron chi connectivity index (χ4n) is 4.65. The Morgan fingerprint density at radius 1 is 0.972 bits per heavy atom. The molecule has 1 aromatic heterocycles. The number of carbonyl (C=O) groups is 1. The average Bonchev–Trinajstić information content (AvgIpc) is 3.60. The minimum atomic E-state index is -0.150. The molecule has 1 aliphatic rings. The van der Waals surface area contributed by atoms with E-state index in [4.69, 9.17) is 14.6 Å². The van der Waals surface area contributed by atoms with Gasteiger partial charge in [0.2, 0.25) is 0 Å². The molecule has 1 aliphatic heterocycles. The van der Waals surface area contributed by atoms with Crippen LogP contribution >= 0.6 is 0 Å². The van der Waals surface area contributed by atoms with E-state index in [0.717, 1.165) is 30.8 Å². The van der Waals surface area contributed by atoms with E-state index in [2.05, 4.69) is 34.5 Å². The zero-order valence-electron chi connectivity index (χ0n) is 20.6. The lowest BCUT2D eigenvalue weighted by molar-refractivity contribution is 0.0949. The highest BCUT2D eigenvalue weighted by Crippen LogP contribution is 2.35. The summed E-state index contributed by atoms with van der Waals surface area (Å²) in [5.74, 6) is 1.50. The fraction of sp³-hybridized carbons (Fsp3) is 0.241. The number of carbonyl (C=O) groups excluding carboxylic acids is 1. The molecule has 184 valence electrons. The van der Waals surface area contributed by atoms with Gasteiger partial charge in [-0.3, -0.25) is 4.79 Å². The number of nitrogens with zero attached hydrogens (tertiary/aromatic N) is 3. The number of benzene rings is 3. The third kappa shape index (κ3) is 4.91. The van der Waals surface area contributed by atoms with Gasteiger partial charge in [-0.2, -0.15) is 5.10 Å². The number of anilines is 1. The van der Waals surface area contributed by atoms with Crippen LogP contribution in [0.5, 0.6) is 11.5 Å². The van der Waals surface area contributed by atoms with Crippen molar-refractivity contribution in [3.05, 3.63) is 90.6 Å². The van der Waals surface area contributed by atoms with E-state index in [9.17, 15) is 4.79 Å². The van der Waals surface area contributed by atoms with E-state index < -0.39 is 0 Å². The Morgan fingerprint density at radius 3 is 2.39 bits per heavy atom. The Balaban J connectivity index is 1.39. The van der Waals surface area contributed by atoms with Crippen LogP contribution in [0.15, 0.2) is 85.1 Å². The molecule has 0 aliphatic carbocycles. The molecular weight excluding hydrogens is 452 g/mol. The number of rotatable bonds is 8. The minimum Gasteiger partial charge on any atom is -0.497 e. The summed E-state index contributed by atoms with van der Waals surface area (Å²) in [7, 11) is 3.21. The molecule has 1 saturated heterocycles. The molecule has 36 heavy (non-hydrogen) atoms. The largest absolute Gasteiger partial charge is 0.497 e. The maximum absolute atomic E-state index is 13.5. The van der Waals surface area contributed by atoms with Crippen molar-refractivity contribution in [2.24, 2.45) is 5.92 Å². The summed E-state index contributed by atoms with van der Waals surface area (Å²) < 4.78 is 12.7. The van der Waals surface area contributed by atoms with Crippen LogP contribution in [-0.2, 0) is 0 Å². The van der Waals surface area contributed by atoms with Gasteiger partial charge in [-0.1, -0.05) is 36.4 Å². The summed E-state index contributed by atoms with van der Waals surface area (Å²) in [6, 6.07) is 25.7. The fourth-order valence-corrected chi connectivity index (χ4v) is 4.65. The monoisotopic (exact) mass is 482 g/mol. The lowest BCUT2D eigenvalue weighted by Crippen LogP contribution is -2.31. The topological polar surface area (TPSA) is 68.6 Å². The Hall–Kier alpha value is -4.26. The molecule has 7 nitrogen and oxygen atoms in total. The summed E-state index contributed by atoms with van der Waals surface area (Å²) in [6.07, 6.45) is 2.83. The Morgan fingerprint density at radius 2 is 1.69 bits per heavy atom. The molecule has 2 heterocycles. The summed E-state index contributed by atoms with van der Waals surface area (Å²) in [4.78, 5) is 15.8. The SMILES string of the molecule is COc1ccc(-c2nn(-c3ccccc3)cc2C(=O)NCC2CCN(c3ccccc3)C2)c(OC)c1. The van der Waals surface area contributed by atoms with E-state index in [1.165, 1.54) is 5.69 Å². The van der Waals surface area contributed by atoms with Gasteiger partial charge in [0, 0.05) is 43.1 Å². The summed E-state index contributed by atoms with van der Waals surface area (Å²) in [6.45, 7) is 2.52. The molecule has 1 unspecified atom stereocenters. The molecule has 5 rings (SSSR count). The molecule has 4 aromatic rings. The van der Waals surface area contributed by atoms with Crippen molar-refractivity contribution >= 4 is 11.6 Å². The van der Waals surface area contributed by atoms with Crippen LogP contribution in [0.25, 0.3) is 16.9 Å². The number of aromatic nitrogens is 2. The molecule has 0 radical (unpaired) electrons. The Labute approximate surface area is 211 Å². The standard InChI is InChI=1S/C29H30N4O3/c1-35-24-13-14-25(27(17-24)36-2)28-26(20-33(31-28)23-11-7-4-8-12-23)29(34)30-18-21-15-16-32(19-21)22-9-5-3-6-10-22/h3-14,17,20-21H,15-16,18-19H2,1-2H3,(H,30,34). The molecule has 1 fully saturated rings. The number of methoxy groups -OCH3 is 2. The van der Waals surface area contributed by atoms with Gasteiger partial charge in [0.1, 0.15) is 17.2 Å². The minimum absolute atomic E-state index is 0.150. The van der Waals surface area contributed by atoms with Gasteiger partial charge in [-0.15, -0.1) is 0 Å². The lowest BCUT2D eigenvalue weighted by atomic mass is 10.1. The van der Waals surface area contributed by atoms with Crippen molar-refractivity contribution in [3.63, 3.8) is 0 Å². The van der Waals surface area contributed by atoms with Crippen LogP contribution in [-0.4, -0.2) is 49.5 Å². The van der Waals surface area contributed by atoms with Crippen LogP contribution in [0.1, 0.15) is 16.8 Å². The van der Waals surface area contributed by atoms with E-state index in [1.54, 1.807) is 31.2 Å². The van der Waals surface area contributed by atoms with Crippen molar-refractivity contribution in [3.8, 4) is 28.4 Å². The highest BCUT2D eigenvalue weighted by atomic mass is 16.5. The third-order valence-corrected chi connectivity index (χ3v) is 6.60. The van der Waals surface area contributed by atoms with Gasteiger partial charge in [-0.05, 0) is 48.7 Å². The molecule has 7 heteroatoms. The lowest BCUT2D eigenvalue weighted by Gasteiger charge is -2.18. The van der Waals surface area contributed by atoms with Crippen LogP contribution in [0, 0.1) is 5.92 Å². The number of para-hydroxylation sites is 2. The second kappa shape index (κ2) is 10.6. The normalized spacial score (nSPS) is 15.1. The zero-order valence-corrected chi connectivity index (χ0v) is 20.6. The maximum Gasteiger partial charge on any atom is 0.255 e. The van der Waals surface area contributed by atoms with Crippen LogP contribution < -0.4 is 19.7 Å². The first-order valence-corrected chi connectivity index (χ1v) is 12.1. The number of amides is 1. The van der Waals surface area contributed by atoms with Crippen LogP contribution in [0.4, 0.5) is 5.69 Å². The summed E-state index contributed by atoms with van der Waals surface area (Å²) >= 11 is 0. The van der Waals surface area contributed by atoms with Crippen molar-refractivity contribution in [1.29, 1.82) is 0 Å². The van der Waals surface area contributed by atoms with Crippen LogP contribution in [0.2, 0.25) is 0 Å². The van der Waals surface area contributed by atoms with E-state index >= 15 is 0 Å². The molecular formula is C29H30N4O3. The molecule has 0 spiro atoms. The smallest absolute Gasteiger partial charge is 0.255 e. The second-order valence-electron chi connectivity index (χ2n) is 8.88. The average molecular weight is 483 g/mol. The van der Waals surface area contributed by atoms with Crippen molar-refractivity contribution < 1.29 is 14.3 Å². The molecule has 1 atom stereocenters. The van der Waals surface area contributed by atoms with Gasteiger partial charge >= 0.3 is 0 Å². The zero-order chi connectivity index (χ0) is 24.9. The number of hydrogen-bond acceptors (Lipinski definition) is 5. The second-order valence-corrected chi connectivity index (χ2v) is 8.88. The summed E-state index contributed by atoms with van der Waals surface area (Å²) in [5, 5.41) is 7.96. The van der Waals surface area contributed by atoms with Gasteiger partial charge in [-0.25, -0.2) is 4.68 Å². The predicted octanol–water partition coefficient (Wildman–Crippen LogP) is 4.81.